The summed E-state index contributed by atoms with van der Waals surface area (Å²) < 4.78 is 0. The molecule has 0 saturated heterocycles. The Kier molecular flexibility index (Phi) is 26.9. The maximum atomic E-state index is 12.3. The number of nitrogens with one attached hydrogen (secondary N) is 1. The summed E-state index contributed by atoms with van der Waals surface area (Å²) in [5.74, 6) is -0.597. The summed E-state index contributed by atoms with van der Waals surface area (Å²) in [6, 6.07) is -0.993. The third-order valence-corrected chi connectivity index (χ3v) is 7.48. The lowest BCUT2D eigenvalue weighted by Crippen LogP contribution is -2.53. The molecule has 0 aliphatic rings. The highest BCUT2D eigenvalue weighted by Gasteiger charge is 2.28. The van der Waals surface area contributed by atoms with Crippen LogP contribution >= 0.6 is 0 Å². The number of carbonyl (C=O) groups excluding carboxylic acids is 1. The molecule has 0 bridgehead atoms. The van der Waals surface area contributed by atoms with Gasteiger partial charge in [-0.25, -0.2) is 0 Å². The Morgan fingerprint density at radius 1 is 0.632 bits per heavy atom. The van der Waals surface area contributed by atoms with Crippen molar-refractivity contribution in [3.8, 4) is 0 Å². The minimum atomic E-state index is -1.27. The van der Waals surface area contributed by atoms with Gasteiger partial charge >= 0.3 is 0 Å². The Morgan fingerprint density at radius 2 is 1.08 bits per heavy atom. The van der Waals surface area contributed by atoms with Gasteiger partial charge in [-0.05, 0) is 38.5 Å². The topological polar surface area (TPSA) is 110 Å². The second-order valence-electron chi connectivity index (χ2n) is 11.2. The molecule has 226 valence electrons. The smallest absolute Gasteiger partial charge is 0.249 e. The highest BCUT2D eigenvalue weighted by molar-refractivity contribution is 5.80. The molecular formula is C32H63NO5. The molecular weight excluding hydrogens is 478 g/mol. The molecule has 0 saturated carbocycles. The van der Waals surface area contributed by atoms with Gasteiger partial charge in [0.15, 0.2) is 0 Å². The molecule has 0 spiro atoms. The molecule has 0 aromatic rings. The van der Waals surface area contributed by atoms with Crippen LogP contribution in [0.3, 0.4) is 0 Å². The summed E-state index contributed by atoms with van der Waals surface area (Å²) in [6.45, 7) is 3.97. The van der Waals surface area contributed by atoms with Gasteiger partial charge < -0.3 is 25.7 Å². The molecule has 0 aromatic carbocycles. The predicted octanol–water partition coefficient (Wildman–Crippen LogP) is 6.72. The van der Waals surface area contributed by atoms with Crippen molar-refractivity contribution in [2.45, 2.75) is 179 Å². The molecule has 1 amide bonds. The molecule has 0 radical (unpaired) electrons. The van der Waals surface area contributed by atoms with Gasteiger partial charge in [0.1, 0.15) is 12.2 Å². The third kappa shape index (κ3) is 21.9. The average molecular weight is 542 g/mol. The van der Waals surface area contributed by atoms with E-state index >= 15 is 0 Å². The lowest BCUT2D eigenvalue weighted by molar-refractivity contribution is -0.132. The van der Waals surface area contributed by atoms with Crippen molar-refractivity contribution in [1.82, 2.24) is 5.32 Å². The van der Waals surface area contributed by atoms with Crippen molar-refractivity contribution in [2.75, 3.05) is 6.61 Å². The monoisotopic (exact) mass is 541 g/mol. The molecule has 38 heavy (non-hydrogen) atoms. The maximum absolute atomic E-state index is 12.3. The summed E-state index contributed by atoms with van der Waals surface area (Å²) in [5.41, 5.74) is 0. The second-order valence-corrected chi connectivity index (χ2v) is 11.2. The van der Waals surface area contributed by atoms with Crippen LogP contribution in [0.4, 0.5) is 0 Å². The van der Waals surface area contributed by atoms with E-state index in [1.165, 1.54) is 89.9 Å². The fourth-order valence-electron chi connectivity index (χ4n) is 4.81. The average Bonchev–Trinajstić information content (AvgIpc) is 2.92. The van der Waals surface area contributed by atoms with Gasteiger partial charge in [0.05, 0.1) is 18.8 Å². The second kappa shape index (κ2) is 27.6. The minimum absolute atomic E-state index is 0.366. The molecule has 6 nitrogen and oxygen atoms in total. The van der Waals surface area contributed by atoms with Crippen LogP contribution < -0.4 is 5.32 Å². The van der Waals surface area contributed by atoms with Gasteiger partial charge in [0.2, 0.25) is 5.91 Å². The fraction of sp³-hybridized carbons (Fsp3) is 0.906. The van der Waals surface area contributed by atoms with E-state index in [9.17, 15) is 25.2 Å². The molecule has 0 aliphatic heterocycles. The molecule has 0 aliphatic carbocycles. The summed E-state index contributed by atoms with van der Waals surface area (Å²) in [6.07, 6.45) is 25.2. The zero-order valence-electron chi connectivity index (χ0n) is 24.9. The molecule has 4 atom stereocenters. The van der Waals surface area contributed by atoms with Crippen LogP contribution in [-0.2, 0) is 4.79 Å². The number of rotatable bonds is 28. The molecule has 5 N–H and O–H groups in total. The minimum Gasteiger partial charge on any atom is -0.394 e. The van der Waals surface area contributed by atoms with Gasteiger partial charge in [-0.2, -0.15) is 0 Å². The van der Waals surface area contributed by atoms with Crippen molar-refractivity contribution in [3.63, 3.8) is 0 Å². The van der Waals surface area contributed by atoms with Crippen LogP contribution in [0.5, 0.6) is 0 Å². The third-order valence-electron chi connectivity index (χ3n) is 7.48. The number of hydrogen-bond donors (Lipinski definition) is 5. The first-order valence-corrected chi connectivity index (χ1v) is 16.1. The quantitative estimate of drug-likeness (QED) is 0.0557. The molecule has 0 aromatic heterocycles. The lowest BCUT2D eigenvalue weighted by atomic mass is 10.00. The standard InChI is InChI=1S/C32H63NO5/c1-3-5-7-9-11-13-15-17-19-21-23-25-29(35)31(37)28(27-34)33-32(38)30(36)26-24-22-20-18-16-14-12-10-8-6-4-2/h17,19,28-31,34-37H,3-16,18,20-27H2,1-2H3,(H,33,38)/b19-17+. The summed E-state index contributed by atoms with van der Waals surface area (Å²) in [4.78, 5) is 12.3. The van der Waals surface area contributed by atoms with Gasteiger partial charge in [0, 0.05) is 0 Å². The van der Waals surface area contributed by atoms with E-state index in [-0.39, 0.29) is 0 Å². The summed E-state index contributed by atoms with van der Waals surface area (Å²) >= 11 is 0. The van der Waals surface area contributed by atoms with Gasteiger partial charge in [0.25, 0.3) is 0 Å². The number of allylic oxidation sites excluding steroid dienone is 2. The zero-order chi connectivity index (χ0) is 28.3. The van der Waals surface area contributed by atoms with Gasteiger partial charge in [-0.15, -0.1) is 0 Å². The van der Waals surface area contributed by atoms with Gasteiger partial charge in [-0.3, -0.25) is 4.79 Å². The number of aliphatic hydroxyl groups excluding tert-OH is 4. The van der Waals surface area contributed by atoms with Crippen LogP contribution in [0.1, 0.15) is 155 Å². The number of hydrogen-bond acceptors (Lipinski definition) is 5. The highest BCUT2D eigenvalue weighted by atomic mass is 16.3. The Hall–Kier alpha value is -0.950. The molecule has 6 heteroatoms. The lowest BCUT2D eigenvalue weighted by Gasteiger charge is -2.27. The van der Waals surface area contributed by atoms with Crippen molar-refractivity contribution in [2.24, 2.45) is 0 Å². The van der Waals surface area contributed by atoms with Crippen LogP contribution in [0.15, 0.2) is 12.2 Å². The van der Waals surface area contributed by atoms with Gasteiger partial charge in [-0.1, -0.05) is 129 Å². The first kappa shape index (κ1) is 37.0. The van der Waals surface area contributed by atoms with E-state index in [0.717, 1.165) is 38.5 Å². The Balaban J connectivity index is 3.94. The molecule has 4 unspecified atom stereocenters. The first-order chi connectivity index (χ1) is 18.5. The summed E-state index contributed by atoms with van der Waals surface area (Å²) in [5, 5.41) is 43.1. The number of aliphatic hydroxyl groups is 4. The van der Waals surface area contributed by atoms with Crippen LogP contribution in [0.2, 0.25) is 0 Å². The summed E-state index contributed by atoms with van der Waals surface area (Å²) in [7, 11) is 0. The highest BCUT2D eigenvalue weighted by Crippen LogP contribution is 2.14. The maximum Gasteiger partial charge on any atom is 0.249 e. The van der Waals surface area contributed by atoms with E-state index in [0.29, 0.717) is 12.8 Å². The first-order valence-electron chi connectivity index (χ1n) is 16.1. The van der Waals surface area contributed by atoms with E-state index in [2.05, 4.69) is 31.3 Å². The number of carbonyl (C=O) groups is 1. The van der Waals surface area contributed by atoms with Crippen molar-refractivity contribution < 1.29 is 25.2 Å². The van der Waals surface area contributed by atoms with Crippen LogP contribution in [0.25, 0.3) is 0 Å². The predicted molar refractivity (Wildman–Crippen MR) is 159 cm³/mol. The molecule has 0 rings (SSSR count). The Morgan fingerprint density at radius 3 is 1.58 bits per heavy atom. The van der Waals surface area contributed by atoms with Crippen LogP contribution in [-0.4, -0.2) is 57.3 Å². The van der Waals surface area contributed by atoms with Crippen molar-refractivity contribution in [3.05, 3.63) is 12.2 Å². The zero-order valence-corrected chi connectivity index (χ0v) is 24.9. The van der Waals surface area contributed by atoms with E-state index in [4.69, 9.17) is 0 Å². The van der Waals surface area contributed by atoms with E-state index < -0.39 is 36.9 Å². The molecule has 0 heterocycles. The van der Waals surface area contributed by atoms with E-state index in [1.807, 2.05) is 0 Å². The number of unbranched alkanes of at least 4 members (excludes halogenated alkanes) is 17. The molecule has 0 fully saturated rings. The fourth-order valence-corrected chi connectivity index (χ4v) is 4.81. The number of amides is 1. The Labute approximate surface area is 234 Å². The van der Waals surface area contributed by atoms with Crippen LogP contribution in [0, 0.1) is 0 Å². The SMILES string of the molecule is CCCCCCCC/C=C/CCCC(O)C(O)C(CO)NC(=O)C(O)CCCCCCCCCCCCC. The van der Waals surface area contributed by atoms with E-state index in [1.54, 1.807) is 0 Å². The largest absolute Gasteiger partial charge is 0.394 e. The van der Waals surface area contributed by atoms with Crippen molar-refractivity contribution >= 4 is 5.91 Å². The normalized spacial score (nSPS) is 15.0. The van der Waals surface area contributed by atoms with Crippen molar-refractivity contribution in [1.29, 1.82) is 0 Å². The Bertz CT molecular complexity index is 542.